The van der Waals surface area contributed by atoms with Crippen molar-refractivity contribution >= 4 is 40.2 Å². The molecule has 35 heavy (non-hydrogen) atoms. The molecule has 9 nitrogen and oxygen atoms in total. The van der Waals surface area contributed by atoms with E-state index in [1.807, 2.05) is 42.2 Å². The Morgan fingerprint density at radius 2 is 2.06 bits per heavy atom. The number of aromatic nitrogens is 2. The van der Waals surface area contributed by atoms with Gasteiger partial charge in [0, 0.05) is 67.9 Å². The lowest BCUT2D eigenvalue weighted by Gasteiger charge is -2.40. The highest BCUT2D eigenvalue weighted by molar-refractivity contribution is 6.35. The maximum absolute atomic E-state index is 13.3. The number of benzene rings is 1. The SMILES string of the molecule is Cn1ccc(-c2cc(Cl)c3ccc(C(=O)N4CCN(C(=O)C[C@H]5CCC(=O)N5)[C@H](N)C4)cc3n2)c1. The maximum Gasteiger partial charge on any atom is 0.254 e. The van der Waals surface area contributed by atoms with E-state index in [-0.39, 0.29) is 36.7 Å². The summed E-state index contributed by atoms with van der Waals surface area (Å²) in [6, 6.07) is 8.95. The van der Waals surface area contributed by atoms with Crippen molar-refractivity contribution in [1.29, 1.82) is 0 Å². The van der Waals surface area contributed by atoms with Crippen LogP contribution >= 0.6 is 11.6 Å². The summed E-state index contributed by atoms with van der Waals surface area (Å²) in [7, 11) is 1.94. The molecule has 2 fully saturated rings. The van der Waals surface area contributed by atoms with Gasteiger partial charge in [0.15, 0.2) is 0 Å². The van der Waals surface area contributed by atoms with E-state index in [1.165, 1.54) is 0 Å². The molecule has 0 spiro atoms. The van der Waals surface area contributed by atoms with E-state index in [4.69, 9.17) is 22.3 Å². The predicted octanol–water partition coefficient (Wildman–Crippen LogP) is 2.13. The second-order valence-electron chi connectivity index (χ2n) is 9.20. The van der Waals surface area contributed by atoms with Crippen molar-refractivity contribution < 1.29 is 14.4 Å². The van der Waals surface area contributed by atoms with E-state index < -0.39 is 6.17 Å². The number of amides is 3. The molecule has 182 valence electrons. The topological polar surface area (TPSA) is 114 Å². The second kappa shape index (κ2) is 9.31. The van der Waals surface area contributed by atoms with Crippen molar-refractivity contribution in [3.8, 4) is 11.3 Å². The fourth-order valence-corrected chi connectivity index (χ4v) is 5.03. The lowest BCUT2D eigenvalue weighted by atomic mass is 10.1. The van der Waals surface area contributed by atoms with E-state index in [1.54, 1.807) is 21.9 Å². The van der Waals surface area contributed by atoms with Crippen LogP contribution in [0.5, 0.6) is 0 Å². The van der Waals surface area contributed by atoms with Gasteiger partial charge in [-0.25, -0.2) is 4.98 Å². The fraction of sp³-hybridized carbons (Fsp3) is 0.360. The van der Waals surface area contributed by atoms with E-state index in [9.17, 15) is 14.4 Å². The van der Waals surface area contributed by atoms with Gasteiger partial charge in [0.1, 0.15) is 0 Å². The van der Waals surface area contributed by atoms with Crippen molar-refractivity contribution in [3.05, 3.63) is 53.3 Å². The summed E-state index contributed by atoms with van der Waals surface area (Å²) < 4.78 is 1.94. The molecule has 0 bridgehead atoms. The van der Waals surface area contributed by atoms with Gasteiger partial charge >= 0.3 is 0 Å². The lowest BCUT2D eigenvalue weighted by Crippen LogP contribution is -2.60. The third-order valence-electron chi connectivity index (χ3n) is 6.67. The third kappa shape index (κ3) is 4.74. The minimum Gasteiger partial charge on any atom is -0.357 e. The van der Waals surface area contributed by atoms with Crippen molar-refractivity contribution in [3.63, 3.8) is 0 Å². The van der Waals surface area contributed by atoms with Crippen LogP contribution in [0.1, 0.15) is 29.6 Å². The van der Waals surface area contributed by atoms with Crippen LogP contribution in [0.15, 0.2) is 42.7 Å². The van der Waals surface area contributed by atoms with E-state index in [0.29, 0.717) is 42.0 Å². The van der Waals surface area contributed by atoms with Crippen LogP contribution in [0.25, 0.3) is 22.2 Å². The Kier molecular flexibility index (Phi) is 6.21. The molecule has 2 atom stereocenters. The number of nitrogens with one attached hydrogen (secondary N) is 1. The number of halogens is 1. The summed E-state index contributed by atoms with van der Waals surface area (Å²) in [6.07, 6.45) is 4.63. The molecule has 1 aromatic carbocycles. The van der Waals surface area contributed by atoms with Gasteiger partial charge in [-0.2, -0.15) is 0 Å². The predicted molar refractivity (Wildman–Crippen MR) is 133 cm³/mol. The molecule has 3 N–H and O–H groups in total. The zero-order chi connectivity index (χ0) is 24.7. The Labute approximate surface area is 207 Å². The Morgan fingerprint density at radius 3 is 2.74 bits per heavy atom. The van der Waals surface area contributed by atoms with E-state index in [2.05, 4.69) is 5.32 Å². The molecule has 4 heterocycles. The number of rotatable bonds is 4. The van der Waals surface area contributed by atoms with Crippen LogP contribution in [0.3, 0.4) is 0 Å². The normalized spacial score (nSPS) is 20.4. The van der Waals surface area contributed by atoms with Gasteiger partial charge in [-0.1, -0.05) is 17.7 Å². The highest BCUT2D eigenvalue weighted by Crippen LogP contribution is 2.29. The van der Waals surface area contributed by atoms with Gasteiger partial charge < -0.3 is 25.4 Å². The Morgan fingerprint density at radius 1 is 1.23 bits per heavy atom. The first-order valence-corrected chi connectivity index (χ1v) is 12.0. The molecule has 0 unspecified atom stereocenters. The van der Waals surface area contributed by atoms with Crippen molar-refractivity contribution in [2.75, 3.05) is 19.6 Å². The molecule has 3 aromatic rings. The largest absolute Gasteiger partial charge is 0.357 e. The van der Waals surface area contributed by atoms with Crippen LogP contribution < -0.4 is 11.1 Å². The number of aryl methyl sites for hydroxylation is 1. The molecule has 0 radical (unpaired) electrons. The number of carbonyl (C=O) groups is 3. The first-order valence-electron chi connectivity index (χ1n) is 11.6. The monoisotopic (exact) mass is 494 g/mol. The Bertz CT molecular complexity index is 1320. The number of pyridine rings is 1. The van der Waals surface area contributed by atoms with Crippen LogP contribution in [0.4, 0.5) is 0 Å². The highest BCUT2D eigenvalue weighted by atomic mass is 35.5. The van der Waals surface area contributed by atoms with Gasteiger partial charge in [-0.15, -0.1) is 0 Å². The average Bonchev–Trinajstić information content (AvgIpc) is 3.45. The lowest BCUT2D eigenvalue weighted by molar-refractivity contribution is -0.136. The number of nitrogens with zero attached hydrogens (tertiary/aromatic N) is 4. The summed E-state index contributed by atoms with van der Waals surface area (Å²) in [5, 5.41) is 4.16. The third-order valence-corrected chi connectivity index (χ3v) is 6.98. The van der Waals surface area contributed by atoms with Crippen molar-refractivity contribution in [2.24, 2.45) is 12.8 Å². The molecule has 2 aliphatic heterocycles. The molecule has 0 saturated carbocycles. The van der Waals surface area contributed by atoms with E-state index in [0.717, 1.165) is 16.6 Å². The molecule has 0 aliphatic carbocycles. The zero-order valence-electron chi connectivity index (χ0n) is 19.4. The van der Waals surface area contributed by atoms with Crippen LogP contribution in [-0.2, 0) is 16.6 Å². The quantitative estimate of drug-likeness (QED) is 0.576. The van der Waals surface area contributed by atoms with Gasteiger partial charge in [-0.05, 0) is 30.7 Å². The Balaban J connectivity index is 1.30. The first kappa shape index (κ1) is 23.3. The van der Waals surface area contributed by atoms with Gasteiger partial charge in [0.25, 0.3) is 5.91 Å². The fourth-order valence-electron chi connectivity index (χ4n) is 4.77. The minimum absolute atomic E-state index is 0.0236. The number of hydrogen-bond donors (Lipinski definition) is 2. The summed E-state index contributed by atoms with van der Waals surface area (Å²) in [5.41, 5.74) is 9.08. The van der Waals surface area contributed by atoms with Gasteiger partial charge in [-0.3, -0.25) is 14.4 Å². The average molecular weight is 495 g/mol. The minimum atomic E-state index is -0.602. The van der Waals surface area contributed by atoms with Crippen molar-refractivity contribution in [1.82, 2.24) is 24.7 Å². The smallest absolute Gasteiger partial charge is 0.254 e. The number of fused-ring (bicyclic) bond motifs is 1. The molecular formula is C25H27ClN6O3. The molecule has 10 heteroatoms. The van der Waals surface area contributed by atoms with Gasteiger partial charge in [0.2, 0.25) is 11.8 Å². The standard InChI is InChI=1S/C25H27ClN6O3/c1-30-7-6-16(13-30)20-12-19(26)18-4-2-15(10-21(18)29-20)25(35)31-8-9-32(22(27)14-31)24(34)11-17-3-5-23(33)28-17/h2,4,6-7,10,12-13,17,22H,3,5,8-9,11,14,27H2,1H3,(H,28,33)/t17-,22+/m1/s1. The first-order chi connectivity index (χ1) is 16.8. The maximum atomic E-state index is 13.3. The molecule has 2 aliphatic rings. The van der Waals surface area contributed by atoms with Crippen LogP contribution in [0, 0.1) is 0 Å². The molecule has 2 aromatic heterocycles. The Hall–Kier alpha value is -3.43. The van der Waals surface area contributed by atoms with Crippen LogP contribution in [-0.4, -0.2) is 68.9 Å². The summed E-state index contributed by atoms with van der Waals surface area (Å²) in [5.74, 6) is -0.292. The number of piperazine rings is 1. The number of nitrogens with two attached hydrogens (primary N) is 1. The summed E-state index contributed by atoms with van der Waals surface area (Å²) >= 11 is 6.51. The summed E-state index contributed by atoms with van der Waals surface area (Å²) in [4.78, 5) is 45.4. The molecule has 3 amide bonds. The van der Waals surface area contributed by atoms with Gasteiger partial charge in [0.05, 0.1) is 28.9 Å². The second-order valence-corrected chi connectivity index (χ2v) is 9.61. The number of carbonyl (C=O) groups excluding carboxylic acids is 3. The zero-order valence-corrected chi connectivity index (χ0v) is 20.2. The highest BCUT2D eigenvalue weighted by Gasteiger charge is 2.33. The molecule has 2 saturated heterocycles. The molecular weight excluding hydrogens is 468 g/mol. The number of hydrogen-bond acceptors (Lipinski definition) is 5. The van der Waals surface area contributed by atoms with E-state index >= 15 is 0 Å². The summed E-state index contributed by atoms with van der Waals surface area (Å²) in [6.45, 7) is 0.964. The molecule has 5 rings (SSSR count). The van der Waals surface area contributed by atoms with Crippen LogP contribution in [0.2, 0.25) is 5.02 Å². The van der Waals surface area contributed by atoms with Crippen molar-refractivity contribution in [2.45, 2.75) is 31.5 Å².